The van der Waals surface area contributed by atoms with Gasteiger partial charge in [0, 0.05) is 3.57 Å². The first kappa shape index (κ1) is 19.1. The van der Waals surface area contributed by atoms with E-state index in [2.05, 4.69) is 15.3 Å². The van der Waals surface area contributed by atoms with E-state index in [1.165, 1.54) is 32.4 Å². The predicted molar refractivity (Wildman–Crippen MR) is 93.6 cm³/mol. The van der Waals surface area contributed by atoms with Crippen LogP contribution in [0.2, 0.25) is 0 Å². The number of aromatic nitrogens is 2. The van der Waals surface area contributed by atoms with Crippen LogP contribution in [0.3, 0.4) is 0 Å². The summed E-state index contributed by atoms with van der Waals surface area (Å²) in [5.74, 6) is -1.05. The Kier molecular flexibility index (Phi) is 5.94. The summed E-state index contributed by atoms with van der Waals surface area (Å²) in [4.78, 5) is 18.9. The molecule has 0 saturated heterocycles. The van der Waals surface area contributed by atoms with Crippen molar-refractivity contribution in [2.45, 2.75) is 4.90 Å². The summed E-state index contributed by atoms with van der Waals surface area (Å²) in [6.45, 7) is 0. The minimum absolute atomic E-state index is 0.0914. The number of amides is 2. The lowest BCUT2D eigenvalue weighted by atomic mass is 10.3. The van der Waals surface area contributed by atoms with Crippen LogP contribution in [-0.2, 0) is 10.0 Å². The molecule has 134 valence electrons. The standard InChI is InChI=1S/C13H12FIN4O5S/c1-23-9-6-10(24-2)17-12(16-9)18-13(20)19-25(21,22)11-7(14)4-3-5-8(11)15/h3-6H,1-2H3,(H2,16,17,18,19,20). The number of hydrogen-bond acceptors (Lipinski definition) is 7. The number of anilines is 1. The SMILES string of the molecule is COc1cc(OC)nc(NC(=O)NS(=O)(=O)c2c(F)cccc2I)n1. The number of ether oxygens (including phenoxy) is 2. The van der Waals surface area contributed by atoms with Gasteiger partial charge < -0.3 is 9.47 Å². The van der Waals surface area contributed by atoms with E-state index in [-0.39, 0.29) is 21.3 Å². The topological polar surface area (TPSA) is 120 Å². The third-order valence-corrected chi connectivity index (χ3v) is 5.41. The first-order valence-electron chi connectivity index (χ1n) is 6.51. The maximum atomic E-state index is 13.8. The van der Waals surface area contributed by atoms with Crippen molar-refractivity contribution in [2.24, 2.45) is 0 Å². The number of benzene rings is 1. The van der Waals surface area contributed by atoms with Crippen LogP contribution in [0, 0.1) is 9.39 Å². The molecule has 0 atom stereocenters. The van der Waals surface area contributed by atoms with Gasteiger partial charge in [0.1, 0.15) is 10.7 Å². The highest BCUT2D eigenvalue weighted by Crippen LogP contribution is 2.21. The van der Waals surface area contributed by atoms with Crippen LogP contribution in [0.5, 0.6) is 11.8 Å². The molecule has 2 rings (SSSR count). The number of urea groups is 1. The average Bonchev–Trinajstić information content (AvgIpc) is 2.53. The Bertz CT molecular complexity index is 867. The predicted octanol–water partition coefficient (Wildman–Crippen LogP) is 1.75. The first-order valence-corrected chi connectivity index (χ1v) is 9.08. The lowest BCUT2D eigenvalue weighted by Gasteiger charge is -2.11. The van der Waals surface area contributed by atoms with Gasteiger partial charge in [-0.15, -0.1) is 0 Å². The molecular weight excluding hydrogens is 470 g/mol. The lowest BCUT2D eigenvalue weighted by molar-refractivity contribution is 0.256. The molecule has 0 aliphatic heterocycles. The summed E-state index contributed by atoms with van der Waals surface area (Å²) in [6.07, 6.45) is 0. The van der Waals surface area contributed by atoms with Crippen molar-refractivity contribution in [3.05, 3.63) is 33.7 Å². The number of nitrogens with zero attached hydrogens (tertiary/aromatic N) is 2. The molecule has 2 amide bonds. The monoisotopic (exact) mass is 482 g/mol. The number of nitrogens with one attached hydrogen (secondary N) is 2. The van der Waals surface area contributed by atoms with E-state index in [0.717, 1.165) is 6.07 Å². The quantitative estimate of drug-likeness (QED) is 0.624. The lowest BCUT2D eigenvalue weighted by Crippen LogP contribution is -2.35. The van der Waals surface area contributed by atoms with Crippen LogP contribution in [0.1, 0.15) is 0 Å². The van der Waals surface area contributed by atoms with Crippen LogP contribution < -0.4 is 19.5 Å². The molecule has 25 heavy (non-hydrogen) atoms. The first-order chi connectivity index (χ1) is 11.8. The third kappa shape index (κ3) is 4.66. The van der Waals surface area contributed by atoms with Crippen LogP contribution in [0.4, 0.5) is 15.1 Å². The van der Waals surface area contributed by atoms with Crippen molar-refractivity contribution in [1.82, 2.24) is 14.7 Å². The Morgan fingerprint density at radius 2 is 1.80 bits per heavy atom. The maximum Gasteiger partial charge on any atom is 0.335 e. The van der Waals surface area contributed by atoms with Crippen LogP contribution in [0.25, 0.3) is 0 Å². The smallest absolute Gasteiger partial charge is 0.335 e. The molecule has 1 heterocycles. The minimum Gasteiger partial charge on any atom is -0.481 e. The van der Waals surface area contributed by atoms with Gasteiger partial charge >= 0.3 is 6.03 Å². The number of methoxy groups -OCH3 is 2. The van der Waals surface area contributed by atoms with E-state index in [1.54, 1.807) is 27.3 Å². The third-order valence-electron chi connectivity index (χ3n) is 2.74. The Labute approximate surface area is 156 Å². The Balaban J connectivity index is 2.23. The second kappa shape index (κ2) is 7.77. The van der Waals surface area contributed by atoms with Gasteiger partial charge in [0.2, 0.25) is 17.7 Å². The van der Waals surface area contributed by atoms with Crippen molar-refractivity contribution in [2.75, 3.05) is 19.5 Å². The highest BCUT2D eigenvalue weighted by Gasteiger charge is 2.25. The zero-order chi connectivity index (χ0) is 18.6. The van der Waals surface area contributed by atoms with Crippen molar-refractivity contribution in [3.8, 4) is 11.8 Å². The number of halogens is 2. The van der Waals surface area contributed by atoms with Gasteiger partial charge in [0.05, 0.1) is 20.3 Å². The fourth-order valence-corrected chi connectivity index (χ4v) is 4.09. The van der Waals surface area contributed by atoms with E-state index in [0.29, 0.717) is 0 Å². The van der Waals surface area contributed by atoms with Gasteiger partial charge in [0.25, 0.3) is 10.0 Å². The molecule has 0 aliphatic rings. The summed E-state index contributed by atoms with van der Waals surface area (Å²) < 4.78 is 49.9. The normalized spacial score (nSPS) is 10.9. The van der Waals surface area contributed by atoms with Crippen LogP contribution >= 0.6 is 22.6 Å². The fraction of sp³-hybridized carbons (Fsp3) is 0.154. The highest BCUT2D eigenvalue weighted by molar-refractivity contribution is 14.1. The minimum atomic E-state index is -4.43. The summed E-state index contributed by atoms with van der Waals surface area (Å²) in [5, 5.41) is 2.12. The molecule has 9 nitrogen and oxygen atoms in total. The zero-order valence-electron chi connectivity index (χ0n) is 12.9. The summed E-state index contributed by atoms with van der Waals surface area (Å²) in [7, 11) is -1.75. The Morgan fingerprint density at radius 1 is 1.20 bits per heavy atom. The number of carbonyl (C=O) groups excluding carboxylic acids is 1. The van der Waals surface area contributed by atoms with Gasteiger partial charge in [0.15, 0.2) is 0 Å². The molecule has 1 aromatic carbocycles. The molecule has 0 bridgehead atoms. The van der Waals surface area contributed by atoms with Gasteiger partial charge in [-0.25, -0.2) is 22.3 Å². The molecule has 2 N–H and O–H groups in total. The van der Waals surface area contributed by atoms with Crippen LogP contribution in [0.15, 0.2) is 29.2 Å². The Hall–Kier alpha value is -2.22. The van der Waals surface area contributed by atoms with Gasteiger partial charge in [-0.2, -0.15) is 9.97 Å². The summed E-state index contributed by atoms with van der Waals surface area (Å²) in [5.41, 5.74) is 0. The van der Waals surface area contributed by atoms with Gasteiger partial charge in [-0.05, 0) is 34.7 Å². The largest absolute Gasteiger partial charge is 0.481 e. The molecular formula is C13H12FIN4O5S. The molecule has 0 aliphatic carbocycles. The molecule has 0 unspecified atom stereocenters. The molecule has 12 heteroatoms. The fourth-order valence-electron chi connectivity index (χ4n) is 1.71. The van der Waals surface area contributed by atoms with Crippen molar-refractivity contribution < 1.29 is 27.1 Å². The molecule has 0 saturated carbocycles. The van der Waals surface area contributed by atoms with E-state index < -0.39 is 26.8 Å². The highest BCUT2D eigenvalue weighted by atomic mass is 127. The van der Waals surface area contributed by atoms with Crippen molar-refractivity contribution >= 4 is 44.6 Å². The number of carbonyl (C=O) groups is 1. The van der Waals surface area contributed by atoms with E-state index in [4.69, 9.17) is 9.47 Å². The van der Waals surface area contributed by atoms with Crippen LogP contribution in [-0.4, -0.2) is 38.6 Å². The van der Waals surface area contributed by atoms with Gasteiger partial charge in [-0.3, -0.25) is 5.32 Å². The molecule has 0 fully saturated rings. The average molecular weight is 482 g/mol. The number of sulfonamides is 1. The van der Waals surface area contributed by atoms with Crippen molar-refractivity contribution in [3.63, 3.8) is 0 Å². The number of rotatable bonds is 5. The summed E-state index contributed by atoms with van der Waals surface area (Å²) in [6, 6.07) is 3.92. The molecule has 2 aromatic rings. The second-order valence-electron chi connectivity index (χ2n) is 4.39. The molecule has 1 aromatic heterocycles. The maximum absolute atomic E-state index is 13.8. The van der Waals surface area contributed by atoms with E-state index in [1.807, 2.05) is 0 Å². The van der Waals surface area contributed by atoms with E-state index >= 15 is 0 Å². The van der Waals surface area contributed by atoms with Gasteiger partial charge in [-0.1, -0.05) is 6.07 Å². The zero-order valence-corrected chi connectivity index (χ0v) is 15.9. The van der Waals surface area contributed by atoms with Crippen molar-refractivity contribution in [1.29, 1.82) is 0 Å². The molecule has 0 spiro atoms. The molecule has 0 radical (unpaired) electrons. The number of hydrogen-bond donors (Lipinski definition) is 2. The Morgan fingerprint density at radius 3 is 2.32 bits per heavy atom. The van der Waals surface area contributed by atoms with E-state index in [9.17, 15) is 17.6 Å². The second-order valence-corrected chi connectivity index (χ2v) is 7.17. The summed E-state index contributed by atoms with van der Waals surface area (Å²) >= 11 is 1.65.